The van der Waals surface area contributed by atoms with Crippen LogP contribution in [0.25, 0.3) is 0 Å². The van der Waals surface area contributed by atoms with Crippen molar-refractivity contribution in [1.29, 1.82) is 0 Å². The summed E-state index contributed by atoms with van der Waals surface area (Å²) < 4.78 is 5.39. The minimum Gasteiger partial charge on any atom is -0.418 e. The van der Waals surface area contributed by atoms with Crippen LogP contribution in [-0.2, 0) is 11.3 Å². The second kappa shape index (κ2) is 5.21. The van der Waals surface area contributed by atoms with Crippen LogP contribution in [0, 0.1) is 0 Å². The maximum atomic E-state index is 9.71. The topological polar surface area (TPSA) is 29.5 Å². The van der Waals surface area contributed by atoms with Crippen molar-refractivity contribution in [3.8, 4) is 0 Å². The molecule has 0 bridgehead atoms. The van der Waals surface area contributed by atoms with E-state index in [9.17, 15) is 5.02 Å². The summed E-state index contributed by atoms with van der Waals surface area (Å²) in [6.07, 6.45) is 3.21. The molecule has 1 aromatic rings. The van der Waals surface area contributed by atoms with Crippen LogP contribution < -0.4 is 0 Å². The van der Waals surface area contributed by atoms with Gasteiger partial charge in [0.15, 0.2) is 0 Å². The van der Waals surface area contributed by atoms with E-state index in [1.165, 1.54) is 0 Å². The lowest BCUT2D eigenvalue weighted by Crippen LogP contribution is -2.16. The van der Waals surface area contributed by atoms with Crippen LogP contribution in [0.1, 0.15) is 5.56 Å². The first kappa shape index (κ1) is 10.5. The van der Waals surface area contributed by atoms with Gasteiger partial charge in [0.1, 0.15) is 0 Å². The maximum Gasteiger partial charge on any atom is 0.517 e. The Kier molecular flexibility index (Phi) is 3.66. The second-order valence-corrected chi connectivity index (χ2v) is 5.19. The van der Waals surface area contributed by atoms with Gasteiger partial charge in [-0.1, -0.05) is 42.5 Å². The van der Waals surface area contributed by atoms with E-state index in [1.54, 1.807) is 0 Å². The van der Waals surface area contributed by atoms with Crippen LogP contribution in [0.3, 0.4) is 0 Å². The fraction of sp³-hybridized carbons (Fsp3) is 0.0909. The van der Waals surface area contributed by atoms with Crippen LogP contribution in [0.4, 0.5) is 0 Å². The average Bonchev–Trinajstić information content (AvgIpc) is 2.81. The predicted molar refractivity (Wildman–Crippen MR) is 66.5 cm³/mol. The van der Waals surface area contributed by atoms with Gasteiger partial charge in [0.2, 0.25) is 0 Å². The summed E-state index contributed by atoms with van der Waals surface area (Å²) in [7, 11) is -0.630. The molecular formula is C11H13BO2S. The number of hydrogen-bond acceptors (Lipinski definition) is 2. The van der Waals surface area contributed by atoms with Crippen molar-refractivity contribution >= 4 is 17.1 Å². The number of allylic oxidation sites excluding steroid dienone is 2. The molecule has 0 aliphatic carbocycles. The lowest BCUT2D eigenvalue weighted by atomic mass is 10.2. The zero-order valence-corrected chi connectivity index (χ0v) is 9.18. The molecule has 0 atom stereocenters. The molecule has 1 aliphatic rings. The first-order chi connectivity index (χ1) is 7.36. The van der Waals surface area contributed by atoms with Gasteiger partial charge in [-0.05, 0) is 16.4 Å². The Bertz CT molecular complexity index is 352. The minimum absolute atomic E-state index is 0.461. The molecule has 2 nitrogen and oxygen atoms in total. The van der Waals surface area contributed by atoms with Gasteiger partial charge in [0.25, 0.3) is 0 Å². The van der Waals surface area contributed by atoms with Gasteiger partial charge in [0, 0.05) is 0 Å². The van der Waals surface area contributed by atoms with Gasteiger partial charge in [-0.3, -0.25) is 0 Å². The van der Waals surface area contributed by atoms with Crippen LogP contribution >= 0.6 is 10.7 Å². The summed E-state index contributed by atoms with van der Waals surface area (Å²) in [5.41, 5.74) is 1.08. The molecule has 1 aromatic carbocycles. The summed E-state index contributed by atoms with van der Waals surface area (Å²) in [5, 5.41) is 13.7. The minimum atomic E-state index is -0.685. The monoisotopic (exact) mass is 220 g/mol. The molecule has 0 aromatic heterocycles. The molecular weight excluding hydrogens is 207 g/mol. The quantitative estimate of drug-likeness (QED) is 0.601. The molecule has 0 unspecified atom stereocenters. The number of rotatable bonds is 4. The Balaban J connectivity index is 1.83. The average molecular weight is 220 g/mol. The van der Waals surface area contributed by atoms with Gasteiger partial charge < -0.3 is 9.68 Å². The Morgan fingerprint density at radius 1 is 1.13 bits per heavy atom. The van der Waals surface area contributed by atoms with Crippen molar-refractivity contribution < 1.29 is 9.68 Å². The van der Waals surface area contributed by atoms with E-state index < -0.39 is 17.1 Å². The fourth-order valence-electron chi connectivity index (χ4n) is 1.33. The maximum absolute atomic E-state index is 9.71. The van der Waals surface area contributed by atoms with Crippen molar-refractivity contribution in [2.45, 2.75) is 6.61 Å². The molecule has 0 saturated carbocycles. The Hall–Kier alpha value is -0.965. The van der Waals surface area contributed by atoms with Gasteiger partial charge >= 0.3 is 6.40 Å². The highest BCUT2D eigenvalue weighted by atomic mass is 32.2. The van der Waals surface area contributed by atoms with E-state index in [0.29, 0.717) is 6.61 Å². The van der Waals surface area contributed by atoms with E-state index in [1.807, 2.05) is 53.3 Å². The highest BCUT2D eigenvalue weighted by Crippen LogP contribution is 2.35. The lowest BCUT2D eigenvalue weighted by Gasteiger charge is -2.13. The summed E-state index contributed by atoms with van der Waals surface area (Å²) in [6, 6.07) is 9.87. The van der Waals surface area contributed by atoms with Crippen molar-refractivity contribution in [2.75, 3.05) is 0 Å². The SMILES string of the molecule is OB(OCc1ccccc1)[SH]1C=CC=C1. The summed E-state index contributed by atoms with van der Waals surface area (Å²) in [5.74, 6) is 0. The van der Waals surface area contributed by atoms with Crippen LogP contribution in [0.2, 0.25) is 0 Å². The number of benzene rings is 1. The number of thiol groups is 1. The first-order valence-corrected chi connectivity index (χ1v) is 6.37. The molecule has 15 heavy (non-hydrogen) atoms. The first-order valence-electron chi connectivity index (χ1n) is 4.82. The normalized spacial score (nSPS) is 15.9. The van der Waals surface area contributed by atoms with Gasteiger partial charge in [0.05, 0.1) is 6.61 Å². The molecule has 0 spiro atoms. The van der Waals surface area contributed by atoms with Crippen molar-refractivity contribution in [2.24, 2.45) is 0 Å². The summed E-state index contributed by atoms with van der Waals surface area (Å²) >= 11 is 0. The number of hydrogen-bond donors (Lipinski definition) is 2. The molecule has 1 aliphatic heterocycles. The van der Waals surface area contributed by atoms with Crippen LogP contribution in [0.15, 0.2) is 53.3 Å². The summed E-state index contributed by atoms with van der Waals surface area (Å²) in [4.78, 5) is 0. The molecule has 2 rings (SSSR count). The van der Waals surface area contributed by atoms with E-state index in [4.69, 9.17) is 4.65 Å². The predicted octanol–water partition coefficient (Wildman–Crippen LogP) is 2.22. The van der Waals surface area contributed by atoms with E-state index in [2.05, 4.69) is 0 Å². The third-order valence-electron chi connectivity index (χ3n) is 2.12. The van der Waals surface area contributed by atoms with Gasteiger partial charge in [-0.15, -0.1) is 0 Å². The smallest absolute Gasteiger partial charge is 0.418 e. The lowest BCUT2D eigenvalue weighted by molar-refractivity contribution is 0.267. The van der Waals surface area contributed by atoms with Crippen LogP contribution in [-0.4, -0.2) is 11.4 Å². The van der Waals surface area contributed by atoms with E-state index in [0.717, 1.165) is 5.56 Å². The molecule has 4 heteroatoms. The Labute approximate surface area is 92.7 Å². The fourth-order valence-corrected chi connectivity index (χ4v) is 2.56. The molecule has 0 saturated heterocycles. The molecule has 1 heterocycles. The van der Waals surface area contributed by atoms with E-state index in [-0.39, 0.29) is 0 Å². The molecule has 0 fully saturated rings. The van der Waals surface area contributed by atoms with Crippen molar-refractivity contribution in [3.63, 3.8) is 0 Å². The van der Waals surface area contributed by atoms with Crippen molar-refractivity contribution in [3.05, 3.63) is 58.9 Å². The van der Waals surface area contributed by atoms with Crippen LogP contribution in [0.5, 0.6) is 0 Å². The third kappa shape index (κ3) is 2.99. The highest BCUT2D eigenvalue weighted by molar-refractivity contribution is 8.43. The molecule has 1 N–H and O–H groups in total. The van der Waals surface area contributed by atoms with E-state index >= 15 is 0 Å². The van der Waals surface area contributed by atoms with Crippen molar-refractivity contribution in [1.82, 2.24) is 0 Å². The standard InChI is InChI=1S/C11H13BO2S/c13-12(15-8-4-5-9-15)14-10-11-6-2-1-3-7-11/h1-9,13,15H,10H2. The Morgan fingerprint density at radius 2 is 1.80 bits per heavy atom. The molecule has 78 valence electrons. The second-order valence-electron chi connectivity index (χ2n) is 3.25. The molecule has 0 radical (unpaired) electrons. The Morgan fingerprint density at radius 3 is 2.47 bits per heavy atom. The highest BCUT2D eigenvalue weighted by Gasteiger charge is 2.20. The zero-order chi connectivity index (χ0) is 10.5. The summed E-state index contributed by atoms with van der Waals surface area (Å²) in [6.45, 7) is 0.461. The molecule has 0 amide bonds. The third-order valence-corrected chi connectivity index (χ3v) is 3.82. The van der Waals surface area contributed by atoms with Gasteiger partial charge in [-0.2, -0.15) is 10.7 Å². The van der Waals surface area contributed by atoms with Gasteiger partial charge in [-0.25, -0.2) is 0 Å². The largest absolute Gasteiger partial charge is 0.517 e. The zero-order valence-electron chi connectivity index (χ0n) is 8.28.